The molecule has 2 amide bonds. The van der Waals surface area contributed by atoms with Gasteiger partial charge in [0.2, 0.25) is 11.8 Å². The number of aromatic nitrogens is 5. The molecule has 0 saturated heterocycles. The molecule has 5 aromatic rings. The molecule has 1 saturated carbocycles. The van der Waals surface area contributed by atoms with Crippen LogP contribution in [0.1, 0.15) is 54.8 Å². The average Bonchev–Trinajstić information content (AvgIpc) is 3.71. The van der Waals surface area contributed by atoms with E-state index in [1.807, 2.05) is 98.8 Å². The maximum absolute atomic E-state index is 14.6. The minimum atomic E-state index is -0.871. The lowest BCUT2D eigenvalue weighted by molar-refractivity contribution is -0.127. The van der Waals surface area contributed by atoms with Crippen molar-refractivity contribution in [3.05, 3.63) is 95.9 Å². The van der Waals surface area contributed by atoms with Crippen molar-refractivity contribution in [3.8, 4) is 5.69 Å². The highest BCUT2D eigenvalue weighted by atomic mass is 16.2. The number of aromatic amines is 1. The SMILES string of the molecule is Cc1cc(N(C(=O)Cc2c[nH]c3ccccc23)[C@H](C(=O)NC2CCCCC2)c2ccc(N(C)C)cc2)ccc1-n1cnnn1. The predicted molar refractivity (Wildman–Crippen MR) is 172 cm³/mol. The zero-order valence-electron chi connectivity index (χ0n) is 25.4. The highest BCUT2D eigenvalue weighted by Crippen LogP contribution is 2.33. The summed E-state index contributed by atoms with van der Waals surface area (Å²) < 4.78 is 1.59. The monoisotopic (exact) mass is 590 g/mol. The van der Waals surface area contributed by atoms with Crippen molar-refractivity contribution < 1.29 is 9.59 Å². The van der Waals surface area contributed by atoms with E-state index in [0.29, 0.717) is 5.69 Å². The van der Waals surface area contributed by atoms with E-state index in [1.54, 1.807) is 9.58 Å². The van der Waals surface area contributed by atoms with Gasteiger partial charge in [-0.25, -0.2) is 4.68 Å². The van der Waals surface area contributed by atoms with E-state index in [0.717, 1.165) is 64.7 Å². The van der Waals surface area contributed by atoms with E-state index < -0.39 is 6.04 Å². The van der Waals surface area contributed by atoms with E-state index >= 15 is 0 Å². The Hall–Kier alpha value is -4.99. The Kier molecular flexibility index (Phi) is 8.40. The zero-order chi connectivity index (χ0) is 30.6. The van der Waals surface area contributed by atoms with Crippen LogP contribution in [0.15, 0.2) is 79.3 Å². The van der Waals surface area contributed by atoms with Gasteiger partial charge in [0.25, 0.3) is 0 Å². The lowest BCUT2D eigenvalue weighted by Crippen LogP contribution is -2.47. The number of nitrogens with zero attached hydrogens (tertiary/aromatic N) is 6. The summed E-state index contributed by atoms with van der Waals surface area (Å²) in [6.45, 7) is 1.95. The van der Waals surface area contributed by atoms with Crippen molar-refractivity contribution in [1.29, 1.82) is 0 Å². The Bertz CT molecular complexity index is 1740. The van der Waals surface area contributed by atoms with Crippen LogP contribution >= 0.6 is 0 Å². The number of nitrogens with one attached hydrogen (secondary N) is 2. The number of H-pyrrole nitrogens is 1. The molecular weight excluding hydrogens is 552 g/mol. The smallest absolute Gasteiger partial charge is 0.248 e. The first-order valence-electron chi connectivity index (χ1n) is 15.2. The summed E-state index contributed by atoms with van der Waals surface area (Å²) in [5.74, 6) is -0.353. The molecule has 0 aliphatic heterocycles. The molecule has 0 spiro atoms. The van der Waals surface area contributed by atoms with E-state index in [4.69, 9.17) is 0 Å². The molecule has 2 N–H and O–H groups in total. The Labute approximate surface area is 257 Å². The molecule has 1 aliphatic carbocycles. The molecule has 1 fully saturated rings. The summed E-state index contributed by atoms with van der Waals surface area (Å²) in [6.07, 6.45) is 8.81. The molecule has 2 heterocycles. The van der Waals surface area contributed by atoms with Crippen molar-refractivity contribution in [3.63, 3.8) is 0 Å². The topological polar surface area (TPSA) is 112 Å². The number of tetrazole rings is 1. The van der Waals surface area contributed by atoms with Crippen LogP contribution in [0.4, 0.5) is 11.4 Å². The van der Waals surface area contributed by atoms with Gasteiger partial charge in [0.05, 0.1) is 12.1 Å². The van der Waals surface area contributed by atoms with Crippen LogP contribution in [0.2, 0.25) is 0 Å². The predicted octanol–water partition coefficient (Wildman–Crippen LogP) is 5.28. The molecule has 226 valence electrons. The Balaban J connectivity index is 1.44. The molecule has 0 bridgehead atoms. The molecule has 10 nitrogen and oxygen atoms in total. The fraction of sp³-hybridized carbons (Fsp3) is 0.324. The molecule has 6 rings (SSSR count). The summed E-state index contributed by atoms with van der Waals surface area (Å²) in [4.78, 5) is 35.9. The number of carbonyl (C=O) groups is 2. The highest BCUT2D eigenvalue weighted by Gasteiger charge is 2.34. The van der Waals surface area contributed by atoms with Gasteiger partial charge in [0.1, 0.15) is 12.4 Å². The van der Waals surface area contributed by atoms with Crippen molar-refractivity contribution in [2.24, 2.45) is 0 Å². The number of carbonyl (C=O) groups excluding carboxylic acids is 2. The van der Waals surface area contributed by atoms with E-state index in [2.05, 4.69) is 25.8 Å². The summed E-state index contributed by atoms with van der Waals surface area (Å²) in [5, 5.41) is 15.9. The average molecular weight is 591 g/mol. The molecule has 1 aliphatic rings. The molecule has 44 heavy (non-hydrogen) atoms. The molecule has 0 unspecified atom stereocenters. The number of fused-ring (bicyclic) bond motifs is 1. The van der Waals surface area contributed by atoms with Crippen LogP contribution < -0.4 is 15.1 Å². The number of para-hydroxylation sites is 1. The number of benzene rings is 3. The minimum absolute atomic E-state index is 0.0919. The number of aryl methyl sites for hydroxylation is 1. The largest absolute Gasteiger partial charge is 0.378 e. The van der Waals surface area contributed by atoms with E-state index in [1.165, 1.54) is 12.7 Å². The van der Waals surface area contributed by atoms with Gasteiger partial charge in [-0.15, -0.1) is 5.10 Å². The lowest BCUT2D eigenvalue weighted by atomic mass is 9.94. The third kappa shape index (κ3) is 6.06. The highest BCUT2D eigenvalue weighted by molar-refractivity contribution is 6.03. The maximum atomic E-state index is 14.6. The van der Waals surface area contributed by atoms with Crippen molar-refractivity contribution >= 4 is 34.1 Å². The Morgan fingerprint density at radius 3 is 2.45 bits per heavy atom. The third-order valence-electron chi connectivity index (χ3n) is 8.52. The minimum Gasteiger partial charge on any atom is -0.378 e. The summed E-state index contributed by atoms with van der Waals surface area (Å²) in [5.41, 5.74) is 5.90. The second kappa shape index (κ2) is 12.7. The first-order valence-corrected chi connectivity index (χ1v) is 15.2. The standard InChI is InChI=1S/C34H38N8O2/c1-23-19-28(17-18-31(23)41-22-36-38-39-41)42(32(43)20-25-21-35-30-12-8-7-11-29(25)30)33(24-13-15-27(16-14-24)40(2)3)34(44)37-26-9-5-4-6-10-26/h7-8,11-19,21-22,26,33,35H,4-6,9-10,20H2,1-3H3,(H,37,44)/t33-/m0/s1. The van der Waals surface area contributed by atoms with E-state index in [-0.39, 0.29) is 24.3 Å². The summed E-state index contributed by atoms with van der Waals surface area (Å²) >= 11 is 0. The van der Waals surface area contributed by atoms with Gasteiger partial charge >= 0.3 is 0 Å². The quantitative estimate of drug-likeness (QED) is 0.242. The maximum Gasteiger partial charge on any atom is 0.248 e. The fourth-order valence-electron chi connectivity index (χ4n) is 6.18. The van der Waals surface area contributed by atoms with Crippen LogP contribution in [0.3, 0.4) is 0 Å². The first-order chi connectivity index (χ1) is 21.4. The van der Waals surface area contributed by atoms with Crippen molar-refractivity contribution in [2.45, 2.75) is 57.5 Å². The molecule has 2 aromatic heterocycles. The van der Waals surface area contributed by atoms with Gasteiger partial charge in [0, 0.05) is 48.6 Å². The molecule has 1 atom stereocenters. The Morgan fingerprint density at radius 1 is 1.00 bits per heavy atom. The number of amides is 2. The van der Waals surface area contributed by atoms with Crippen LogP contribution in [0, 0.1) is 6.92 Å². The van der Waals surface area contributed by atoms with Crippen LogP contribution in [0.25, 0.3) is 16.6 Å². The second-order valence-electron chi connectivity index (χ2n) is 11.8. The van der Waals surface area contributed by atoms with Crippen molar-refractivity contribution in [1.82, 2.24) is 30.5 Å². The molecule has 10 heteroatoms. The molecule has 3 aromatic carbocycles. The number of hydrogen-bond donors (Lipinski definition) is 2. The third-order valence-corrected chi connectivity index (χ3v) is 8.52. The number of rotatable bonds is 9. The number of hydrogen-bond acceptors (Lipinski definition) is 6. The van der Waals surface area contributed by atoms with Gasteiger partial charge in [-0.05, 0) is 83.3 Å². The number of anilines is 2. The van der Waals surface area contributed by atoms with Gasteiger partial charge in [-0.2, -0.15) is 0 Å². The first kappa shape index (κ1) is 29.1. The van der Waals surface area contributed by atoms with Crippen LogP contribution in [-0.2, 0) is 16.0 Å². The van der Waals surface area contributed by atoms with Crippen LogP contribution in [0.5, 0.6) is 0 Å². The second-order valence-corrected chi connectivity index (χ2v) is 11.8. The fourth-order valence-corrected chi connectivity index (χ4v) is 6.18. The molecule has 0 radical (unpaired) electrons. The summed E-state index contributed by atoms with van der Waals surface area (Å²) in [6, 6.07) is 20.7. The zero-order valence-corrected chi connectivity index (χ0v) is 25.4. The van der Waals surface area contributed by atoms with Crippen molar-refractivity contribution in [2.75, 3.05) is 23.9 Å². The van der Waals surface area contributed by atoms with E-state index in [9.17, 15) is 9.59 Å². The van der Waals surface area contributed by atoms with Crippen LogP contribution in [-0.4, -0.2) is 57.1 Å². The summed E-state index contributed by atoms with van der Waals surface area (Å²) in [7, 11) is 3.96. The normalized spacial score (nSPS) is 14.3. The molecular formula is C34H38N8O2. The lowest BCUT2D eigenvalue weighted by Gasteiger charge is -2.34. The van der Waals surface area contributed by atoms with Gasteiger partial charge in [0.15, 0.2) is 0 Å². The van der Waals surface area contributed by atoms with Gasteiger partial charge in [-0.3, -0.25) is 14.5 Å². The van der Waals surface area contributed by atoms with Gasteiger partial charge < -0.3 is 15.2 Å². The van der Waals surface area contributed by atoms with Gasteiger partial charge in [-0.1, -0.05) is 49.6 Å². The Morgan fingerprint density at radius 2 is 1.75 bits per heavy atom.